The maximum absolute atomic E-state index is 12.2. The number of carbonyl (C=O) groups excluding carboxylic acids is 2. The van der Waals surface area contributed by atoms with Gasteiger partial charge in [-0.15, -0.1) is 11.8 Å². The Morgan fingerprint density at radius 1 is 1.23 bits per heavy atom. The first-order chi connectivity index (χ1) is 12.5. The molecule has 0 spiro atoms. The number of amides is 1. The van der Waals surface area contributed by atoms with E-state index in [2.05, 4.69) is 5.32 Å². The van der Waals surface area contributed by atoms with Crippen molar-refractivity contribution in [1.29, 1.82) is 0 Å². The summed E-state index contributed by atoms with van der Waals surface area (Å²) in [6.45, 7) is 1.57. The fraction of sp³-hybridized carbons (Fsp3) is 0.556. The van der Waals surface area contributed by atoms with Gasteiger partial charge in [0, 0.05) is 23.1 Å². The van der Waals surface area contributed by atoms with E-state index in [1.807, 2.05) is 0 Å². The van der Waals surface area contributed by atoms with Crippen LogP contribution in [0.15, 0.2) is 29.2 Å². The number of benzene rings is 1. The number of carbonyl (C=O) groups is 2. The molecule has 1 saturated carbocycles. The standard InChI is InChI=1S/C18H24N2O5S/c1-13(18(22)19-14-6-4-2-3-5-7-14)25-17(21)12-26-16-10-8-15(9-11-16)20(23)24/h8-11,13-14H,2-7,12H2,1H3,(H,19,22)/t13-/m0/s1. The third-order valence-electron chi connectivity index (χ3n) is 4.28. The highest BCUT2D eigenvalue weighted by molar-refractivity contribution is 8.00. The molecule has 1 N–H and O–H groups in total. The van der Waals surface area contributed by atoms with Crippen LogP contribution in [0.25, 0.3) is 0 Å². The molecular formula is C18H24N2O5S. The molecular weight excluding hydrogens is 356 g/mol. The van der Waals surface area contributed by atoms with Gasteiger partial charge in [0.15, 0.2) is 6.10 Å². The molecule has 1 aliphatic carbocycles. The van der Waals surface area contributed by atoms with Crippen LogP contribution in [0.2, 0.25) is 0 Å². The second-order valence-corrected chi connectivity index (χ2v) is 7.42. The number of thioether (sulfide) groups is 1. The number of rotatable bonds is 7. The molecule has 1 aliphatic rings. The van der Waals surface area contributed by atoms with Crippen molar-refractivity contribution in [3.8, 4) is 0 Å². The van der Waals surface area contributed by atoms with Crippen molar-refractivity contribution in [2.75, 3.05) is 5.75 Å². The average molecular weight is 380 g/mol. The number of ether oxygens (including phenoxy) is 1. The summed E-state index contributed by atoms with van der Waals surface area (Å²) in [6, 6.07) is 6.10. The predicted molar refractivity (Wildman–Crippen MR) is 99.0 cm³/mol. The Morgan fingerprint density at radius 3 is 2.42 bits per heavy atom. The normalized spacial score (nSPS) is 16.3. The van der Waals surface area contributed by atoms with E-state index in [1.165, 1.54) is 36.7 Å². The van der Waals surface area contributed by atoms with Crippen molar-refractivity contribution >= 4 is 29.3 Å². The molecule has 7 nitrogen and oxygen atoms in total. The minimum atomic E-state index is -0.830. The number of nitro benzene ring substituents is 1. The van der Waals surface area contributed by atoms with E-state index in [0.29, 0.717) is 0 Å². The van der Waals surface area contributed by atoms with Gasteiger partial charge in [-0.3, -0.25) is 19.7 Å². The molecule has 142 valence electrons. The molecule has 0 saturated heterocycles. The maximum Gasteiger partial charge on any atom is 0.317 e. The predicted octanol–water partition coefficient (Wildman–Crippen LogP) is 3.46. The Hall–Kier alpha value is -2.09. The zero-order valence-electron chi connectivity index (χ0n) is 14.8. The Bertz CT molecular complexity index is 627. The van der Waals surface area contributed by atoms with Crippen LogP contribution in [0.5, 0.6) is 0 Å². The first-order valence-corrected chi connectivity index (χ1v) is 9.81. The topological polar surface area (TPSA) is 98.5 Å². The molecule has 1 aromatic rings. The van der Waals surface area contributed by atoms with E-state index in [1.54, 1.807) is 19.1 Å². The van der Waals surface area contributed by atoms with Crippen LogP contribution in [0.3, 0.4) is 0 Å². The van der Waals surface area contributed by atoms with Gasteiger partial charge in [0.2, 0.25) is 0 Å². The quantitative estimate of drug-likeness (QED) is 0.256. The smallest absolute Gasteiger partial charge is 0.317 e. The van der Waals surface area contributed by atoms with Crippen LogP contribution < -0.4 is 5.32 Å². The number of nitro groups is 1. The molecule has 26 heavy (non-hydrogen) atoms. The van der Waals surface area contributed by atoms with Crippen LogP contribution in [-0.2, 0) is 14.3 Å². The van der Waals surface area contributed by atoms with Crippen molar-refractivity contribution in [1.82, 2.24) is 5.32 Å². The summed E-state index contributed by atoms with van der Waals surface area (Å²) < 4.78 is 5.19. The lowest BCUT2D eigenvalue weighted by atomic mass is 10.1. The Balaban J connectivity index is 1.73. The van der Waals surface area contributed by atoms with Gasteiger partial charge in [-0.1, -0.05) is 25.7 Å². The lowest BCUT2D eigenvalue weighted by molar-refractivity contribution is -0.384. The SMILES string of the molecule is C[C@H](OC(=O)CSc1ccc([N+](=O)[O-])cc1)C(=O)NC1CCCCCC1. The summed E-state index contributed by atoms with van der Waals surface area (Å²) in [5, 5.41) is 13.6. The van der Waals surface area contributed by atoms with E-state index >= 15 is 0 Å². The molecule has 0 aromatic heterocycles. The van der Waals surface area contributed by atoms with Gasteiger partial charge >= 0.3 is 5.97 Å². The Morgan fingerprint density at radius 2 is 1.85 bits per heavy atom. The Labute approximate surface area is 157 Å². The molecule has 0 aliphatic heterocycles. The first-order valence-electron chi connectivity index (χ1n) is 8.83. The van der Waals surface area contributed by atoms with Crippen molar-refractivity contribution < 1.29 is 19.2 Å². The van der Waals surface area contributed by atoms with Crippen molar-refractivity contribution in [2.24, 2.45) is 0 Å². The average Bonchev–Trinajstić information content (AvgIpc) is 2.89. The van der Waals surface area contributed by atoms with Gasteiger partial charge in [-0.2, -0.15) is 0 Å². The lowest BCUT2D eigenvalue weighted by Crippen LogP contribution is -2.42. The van der Waals surface area contributed by atoms with Crippen LogP contribution in [0, 0.1) is 10.1 Å². The molecule has 0 bridgehead atoms. The zero-order chi connectivity index (χ0) is 18.9. The van der Waals surface area contributed by atoms with E-state index in [-0.39, 0.29) is 23.4 Å². The van der Waals surface area contributed by atoms with Crippen molar-refractivity contribution in [3.63, 3.8) is 0 Å². The molecule has 1 atom stereocenters. The van der Waals surface area contributed by atoms with E-state index in [9.17, 15) is 19.7 Å². The minimum Gasteiger partial charge on any atom is -0.452 e. The van der Waals surface area contributed by atoms with Crippen molar-refractivity contribution in [2.45, 2.75) is 62.5 Å². The molecule has 1 amide bonds. The summed E-state index contributed by atoms with van der Waals surface area (Å²) in [5.41, 5.74) is 0.000678. The fourth-order valence-electron chi connectivity index (χ4n) is 2.83. The molecule has 1 fully saturated rings. The number of non-ortho nitro benzene ring substituents is 1. The number of hydrogen-bond acceptors (Lipinski definition) is 6. The zero-order valence-corrected chi connectivity index (χ0v) is 15.6. The monoisotopic (exact) mass is 380 g/mol. The molecule has 0 heterocycles. The number of nitrogens with one attached hydrogen (secondary N) is 1. The van der Waals surface area contributed by atoms with Crippen LogP contribution in [0.1, 0.15) is 45.4 Å². The van der Waals surface area contributed by atoms with E-state index in [0.717, 1.165) is 30.6 Å². The highest BCUT2D eigenvalue weighted by Gasteiger charge is 2.21. The van der Waals surface area contributed by atoms with Crippen molar-refractivity contribution in [3.05, 3.63) is 34.4 Å². The third kappa shape index (κ3) is 6.67. The Kier molecular flexibility index (Phi) is 7.90. The van der Waals surface area contributed by atoms with Gasteiger partial charge in [0.1, 0.15) is 0 Å². The largest absolute Gasteiger partial charge is 0.452 e. The maximum atomic E-state index is 12.2. The summed E-state index contributed by atoms with van der Waals surface area (Å²) in [4.78, 5) is 35.0. The second kappa shape index (κ2) is 10.2. The molecule has 1 aromatic carbocycles. The van der Waals surface area contributed by atoms with Gasteiger partial charge in [-0.25, -0.2) is 0 Å². The van der Waals surface area contributed by atoms with Gasteiger partial charge in [-0.05, 0) is 31.9 Å². The summed E-state index contributed by atoms with van der Waals surface area (Å²) in [6.07, 6.45) is 5.76. The van der Waals surface area contributed by atoms with Gasteiger partial charge in [0.25, 0.3) is 11.6 Å². The molecule has 0 radical (unpaired) electrons. The van der Waals surface area contributed by atoms with Gasteiger partial charge in [0.05, 0.1) is 10.7 Å². The summed E-state index contributed by atoms with van der Waals surface area (Å²) >= 11 is 1.21. The van der Waals surface area contributed by atoms with Crippen LogP contribution in [-0.4, -0.2) is 34.7 Å². The van der Waals surface area contributed by atoms with Crippen LogP contribution in [0.4, 0.5) is 5.69 Å². The highest BCUT2D eigenvalue weighted by Crippen LogP contribution is 2.21. The van der Waals surface area contributed by atoms with E-state index < -0.39 is 17.0 Å². The first kappa shape index (κ1) is 20.2. The number of esters is 1. The highest BCUT2D eigenvalue weighted by atomic mass is 32.2. The van der Waals surface area contributed by atoms with Gasteiger partial charge < -0.3 is 10.1 Å². The summed E-state index contributed by atoms with van der Waals surface area (Å²) in [5.74, 6) is -0.707. The third-order valence-corrected chi connectivity index (χ3v) is 5.27. The number of nitrogens with zero attached hydrogens (tertiary/aromatic N) is 1. The second-order valence-electron chi connectivity index (χ2n) is 6.37. The summed E-state index contributed by atoms with van der Waals surface area (Å²) in [7, 11) is 0. The fourth-order valence-corrected chi connectivity index (χ4v) is 3.51. The van der Waals surface area contributed by atoms with E-state index in [4.69, 9.17) is 4.74 Å². The minimum absolute atomic E-state index is 0.000678. The lowest BCUT2D eigenvalue weighted by Gasteiger charge is -2.19. The molecule has 0 unspecified atom stereocenters. The molecule has 2 rings (SSSR count). The molecule has 8 heteroatoms. The number of hydrogen-bond donors (Lipinski definition) is 1. The van der Waals surface area contributed by atoms with Crippen LogP contribution >= 0.6 is 11.8 Å².